The van der Waals surface area contributed by atoms with Crippen molar-refractivity contribution in [3.8, 4) is 5.75 Å². The van der Waals surface area contributed by atoms with E-state index >= 15 is 0 Å². The fourth-order valence-electron chi connectivity index (χ4n) is 3.46. The lowest BCUT2D eigenvalue weighted by atomic mass is 9.77. The van der Waals surface area contributed by atoms with Crippen molar-refractivity contribution in [3.05, 3.63) is 30.3 Å². The van der Waals surface area contributed by atoms with Crippen molar-refractivity contribution in [2.24, 2.45) is 11.8 Å². The van der Waals surface area contributed by atoms with Crippen LogP contribution in [0.3, 0.4) is 0 Å². The van der Waals surface area contributed by atoms with Gasteiger partial charge in [0.15, 0.2) is 0 Å². The zero-order valence-electron chi connectivity index (χ0n) is 13.7. The summed E-state index contributed by atoms with van der Waals surface area (Å²) in [5, 5.41) is 3.73. The summed E-state index contributed by atoms with van der Waals surface area (Å²) in [4.78, 5) is 0. The third-order valence-corrected chi connectivity index (χ3v) is 4.80. The fourth-order valence-corrected chi connectivity index (χ4v) is 3.46. The zero-order chi connectivity index (χ0) is 14.9. The Morgan fingerprint density at radius 2 is 2.00 bits per heavy atom. The number of hydrogen-bond donors (Lipinski definition) is 1. The molecular weight excluding hydrogens is 258 g/mol. The number of nitrogens with one attached hydrogen (secondary N) is 1. The first-order valence-corrected chi connectivity index (χ1v) is 8.74. The van der Waals surface area contributed by atoms with Crippen LogP contribution in [0.5, 0.6) is 5.75 Å². The second-order valence-corrected chi connectivity index (χ2v) is 6.39. The predicted octanol–water partition coefficient (Wildman–Crippen LogP) is 4.65. The van der Waals surface area contributed by atoms with Gasteiger partial charge in [-0.2, -0.15) is 0 Å². The maximum Gasteiger partial charge on any atom is 0.119 e. The van der Waals surface area contributed by atoms with Crippen molar-refractivity contribution >= 4 is 0 Å². The molecule has 1 N–H and O–H groups in total. The maximum atomic E-state index is 6.02. The minimum absolute atomic E-state index is 0.500. The van der Waals surface area contributed by atoms with E-state index in [2.05, 4.69) is 19.2 Å². The molecule has 3 unspecified atom stereocenters. The Morgan fingerprint density at radius 3 is 2.71 bits per heavy atom. The Morgan fingerprint density at radius 1 is 1.19 bits per heavy atom. The summed E-state index contributed by atoms with van der Waals surface area (Å²) in [6.07, 6.45) is 8.06. The first-order chi connectivity index (χ1) is 10.3. The SMILES string of the molecule is CCCNC(COc1ccccc1)C1CCCC(CC)C1. The maximum absolute atomic E-state index is 6.02. The van der Waals surface area contributed by atoms with E-state index in [1.54, 1.807) is 0 Å². The summed E-state index contributed by atoms with van der Waals surface area (Å²) in [6.45, 7) is 6.46. The highest BCUT2D eigenvalue weighted by atomic mass is 16.5. The predicted molar refractivity (Wildman–Crippen MR) is 89.8 cm³/mol. The van der Waals surface area contributed by atoms with Gasteiger partial charge in [-0.1, -0.05) is 51.3 Å². The molecule has 1 aliphatic rings. The molecule has 1 fully saturated rings. The topological polar surface area (TPSA) is 21.3 Å². The normalized spacial score (nSPS) is 23.7. The van der Waals surface area contributed by atoms with Gasteiger partial charge in [-0.25, -0.2) is 0 Å². The van der Waals surface area contributed by atoms with Gasteiger partial charge in [0.1, 0.15) is 12.4 Å². The molecule has 0 amide bonds. The van der Waals surface area contributed by atoms with Crippen LogP contribution in [-0.4, -0.2) is 19.2 Å². The fraction of sp³-hybridized carbons (Fsp3) is 0.684. The first-order valence-electron chi connectivity index (χ1n) is 8.74. The third kappa shape index (κ3) is 5.35. The minimum Gasteiger partial charge on any atom is -0.492 e. The summed E-state index contributed by atoms with van der Waals surface area (Å²) < 4.78 is 6.02. The highest BCUT2D eigenvalue weighted by Gasteiger charge is 2.27. The highest BCUT2D eigenvalue weighted by Crippen LogP contribution is 2.33. The summed E-state index contributed by atoms with van der Waals surface area (Å²) in [5.74, 6) is 2.69. The quantitative estimate of drug-likeness (QED) is 0.752. The number of hydrogen-bond acceptors (Lipinski definition) is 2. The number of ether oxygens (including phenoxy) is 1. The van der Waals surface area contributed by atoms with Crippen LogP contribution in [0.25, 0.3) is 0 Å². The second-order valence-electron chi connectivity index (χ2n) is 6.39. The lowest BCUT2D eigenvalue weighted by molar-refractivity contribution is 0.158. The van der Waals surface area contributed by atoms with E-state index in [4.69, 9.17) is 4.74 Å². The smallest absolute Gasteiger partial charge is 0.119 e. The van der Waals surface area contributed by atoms with E-state index in [1.807, 2.05) is 30.3 Å². The van der Waals surface area contributed by atoms with E-state index in [9.17, 15) is 0 Å². The summed E-state index contributed by atoms with van der Waals surface area (Å²) in [7, 11) is 0. The molecule has 0 radical (unpaired) electrons. The van der Waals surface area contributed by atoms with E-state index in [1.165, 1.54) is 38.5 Å². The van der Waals surface area contributed by atoms with Crippen molar-refractivity contribution < 1.29 is 4.74 Å². The van der Waals surface area contributed by atoms with Gasteiger partial charge in [0.05, 0.1) is 0 Å². The molecule has 0 bridgehead atoms. The lowest BCUT2D eigenvalue weighted by Gasteiger charge is -2.34. The molecule has 0 aliphatic heterocycles. The standard InChI is InChI=1S/C19H31NO/c1-3-13-20-19(15-21-18-11-6-5-7-12-18)17-10-8-9-16(4-2)14-17/h5-7,11-12,16-17,19-20H,3-4,8-10,13-15H2,1-2H3. The van der Waals surface area contributed by atoms with Crippen molar-refractivity contribution in [1.82, 2.24) is 5.32 Å². The Balaban J connectivity index is 1.90. The number of benzene rings is 1. The molecule has 1 aliphatic carbocycles. The summed E-state index contributed by atoms with van der Waals surface area (Å²) in [5.41, 5.74) is 0. The second kappa shape index (κ2) is 9.09. The van der Waals surface area contributed by atoms with Gasteiger partial charge in [0, 0.05) is 6.04 Å². The van der Waals surface area contributed by atoms with Crippen molar-refractivity contribution in [2.45, 2.75) is 58.4 Å². The molecule has 0 spiro atoms. The van der Waals surface area contributed by atoms with Gasteiger partial charge in [-0.3, -0.25) is 0 Å². The Kier molecular flexibility index (Phi) is 7.08. The van der Waals surface area contributed by atoms with Gasteiger partial charge in [0.2, 0.25) is 0 Å². The van der Waals surface area contributed by atoms with Crippen LogP contribution in [0.1, 0.15) is 52.4 Å². The van der Waals surface area contributed by atoms with Gasteiger partial charge in [-0.15, -0.1) is 0 Å². The molecule has 1 aromatic rings. The Hall–Kier alpha value is -1.02. The summed E-state index contributed by atoms with van der Waals surface area (Å²) in [6, 6.07) is 10.7. The number of rotatable bonds is 8. The minimum atomic E-state index is 0.500. The molecule has 2 rings (SSSR count). The zero-order valence-corrected chi connectivity index (χ0v) is 13.7. The number of para-hydroxylation sites is 1. The van der Waals surface area contributed by atoms with Crippen LogP contribution < -0.4 is 10.1 Å². The monoisotopic (exact) mass is 289 g/mol. The average molecular weight is 289 g/mol. The van der Waals surface area contributed by atoms with Crippen molar-refractivity contribution in [1.29, 1.82) is 0 Å². The Labute approximate surface area is 130 Å². The van der Waals surface area contributed by atoms with Crippen LogP contribution >= 0.6 is 0 Å². The van der Waals surface area contributed by atoms with Crippen LogP contribution in [0.15, 0.2) is 30.3 Å². The van der Waals surface area contributed by atoms with Crippen LogP contribution in [-0.2, 0) is 0 Å². The van der Waals surface area contributed by atoms with Crippen molar-refractivity contribution in [2.75, 3.05) is 13.2 Å². The molecule has 1 aromatic carbocycles. The van der Waals surface area contributed by atoms with E-state index < -0.39 is 0 Å². The Bertz CT molecular complexity index is 378. The van der Waals surface area contributed by atoms with Gasteiger partial charge < -0.3 is 10.1 Å². The van der Waals surface area contributed by atoms with E-state index in [0.29, 0.717) is 6.04 Å². The first kappa shape index (κ1) is 16.4. The molecule has 2 nitrogen and oxygen atoms in total. The average Bonchev–Trinajstić information content (AvgIpc) is 2.56. The van der Waals surface area contributed by atoms with Gasteiger partial charge >= 0.3 is 0 Å². The molecule has 0 heterocycles. The molecule has 0 aromatic heterocycles. The van der Waals surface area contributed by atoms with E-state index in [0.717, 1.165) is 30.7 Å². The van der Waals surface area contributed by atoms with Crippen LogP contribution in [0, 0.1) is 11.8 Å². The largest absolute Gasteiger partial charge is 0.492 e. The third-order valence-electron chi connectivity index (χ3n) is 4.80. The molecule has 1 saturated carbocycles. The molecule has 21 heavy (non-hydrogen) atoms. The molecular formula is C19H31NO. The molecule has 118 valence electrons. The van der Waals surface area contributed by atoms with Crippen molar-refractivity contribution in [3.63, 3.8) is 0 Å². The summed E-state index contributed by atoms with van der Waals surface area (Å²) >= 11 is 0. The van der Waals surface area contributed by atoms with E-state index in [-0.39, 0.29) is 0 Å². The molecule has 3 atom stereocenters. The molecule has 0 saturated heterocycles. The van der Waals surface area contributed by atoms with Gasteiger partial charge in [-0.05, 0) is 49.8 Å². The molecule has 2 heteroatoms. The van der Waals surface area contributed by atoms with Crippen LogP contribution in [0.2, 0.25) is 0 Å². The van der Waals surface area contributed by atoms with Gasteiger partial charge in [0.25, 0.3) is 0 Å². The highest BCUT2D eigenvalue weighted by molar-refractivity contribution is 5.20. The lowest BCUT2D eigenvalue weighted by Crippen LogP contribution is -2.43. The van der Waals surface area contributed by atoms with Crippen LogP contribution in [0.4, 0.5) is 0 Å².